The van der Waals surface area contributed by atoms with Crippen LogP contribution in [-0.2, 0) is 7.05 Å². The average molecular weight is 269 g/mol. The monoisotopic (exact) mass is 269 g/mol. The molecule has 0 unspecified atom stereocenters. The molecule has 20 heavy (non-hydrogen) atoms. The van der Waals surface area contributed by atoms with Crippen molar-refractivity contribution in [2.75, 3.05) is 13.1 Å². The lowest BCUT2D eigenvalue weighted by Crippen LogP contribution is -2.39. The first kappa shape index (κ1) is 12.4. The molecule has 0 radical (unpaired) electrons. The third-order valence-corrected chi connectivity index (χ3v) is 5.16. The Kier molecular flexibility index (Phi) is 3.03. The van der Waals surface area contributed by atoms with Crippen molar-refractivity contribution in [3.05, 3.63) is 29.6 Å². The maximum atomic E-state index is 4.98. The molecule has 3 nitrogen and oxygen atoms in total. The van der Waals surface area contributed by atoms with Gasteiger partial charge in [-0.2, -0.15) is 0 Å². The number of benzene rings is 1. The van der Waals surface area contributed by atoms with Crippen LogP contribution < -0.4 is 5.32 Å². The van der Waals surface area contributed by atoms with E-state index < -0.39 is 0 Å². The van der Waals surface area contributed by atoms with Gasteiger partial charge in [-0.25, -0.2) is 4.98 Å². The highest BCUT2D eigenvalue weighted by molar-refractivity contribution is 5.77. The first-order valence-electron chi connectivity index (χ1n) is 8.00. The molecule has 2 aromatic rings. The molecule has 1 N–H and O–H groups in total. The van der Waals surface area contributed by atoms with Gasteiger partial charge >= 0.3 is 0 Å². The Bertz CT molecular complexity index is 618. The summed E-state index contributed by atoms with van der Waals surface area (Å²) in [5, 5.41) is 3.35. The maximum Gasteiger partial charge on any atom is 0.112 e. The molecule has 1 aliphatic heterocycles. The van der Waals surface area contributed by atoms with Crippen LogP contribution >= 0.6 is 0 Å². The Hall–Kier alpha value is -1.35. The van der Waals surface area contributed by atoms with Crippen LogP contribution in [0.2, 0.25) is 0 Å². The minimum atomic E-state index is 0.676. The van der Waals surface area contributed by atoms with E-state index in [-0.39, 0.29) is 0 Å². The molecule has 3 heteroatoms. The second-order valence-corrected chi connectivity index (χ2v) is 6.47. The maximum absolute atomic E-state index is 4.98. The normalized spacial score (nSPS) is 21.2. The second kappa shape index (κ2) is 4.88. The molecule has 1 aliphatic carbocycles. The van der Waals surface area contributed by atoms with Gasteiger partial charge in [0.05, 0.1) is 11.0 Å². The number of rotatable bonds is 2. The molecule has 1 aromatic heterocycles. The number of aryl methyl sites for hydroxylation is 1. The Morgan fingerprint density at radius 3 is 2.60 bits per heavy atom. The molecule has 0 amide bonds. The van der Waals surface area contributed by atoms with Gasteiger partial charge in [-0.15, -0.1) is 0 Å². The number of hydrogen-bond acceptors (Lipinski definition) is 2. The van der Waals surface area contributed by atoms with Gasteiger partial charge in [-0.1, -0.05) is 25.3 Å². The van der Waals surface area contributed by atoms with Gasteiger partial charge in [-0.05, 0) is 30.5 Å². The summed E-state index contributed by atoms with van der Waals surface area (Å²) in [4.78, 5) is 4.98. The van der Waals surface area contributed by atoms with Crippen molar-refractivity contribution in [2.45, 2.75) is 43.9 Å². The zero-order valence-electron chi connectivity index (χ0n) is 12.2. The molecule has 106 valence electrons. The third-order valence-electron chi connectivity index (χ3n) is 5.16. The summed E-state index contributed by atoms with van der Waals surface area (Å²) in [5.74, 6) is 2.68. The second-order valence-electron chi connectivity index (χ2n) is 6.47. The van der Waals surface area contributed by atoms with Crippen LogP contribution in [0.1, 0.15) is 55.3 Å². The van der Waals surface area contributed by atoms with E-state index in [1.165, 1.54) is 54.5 Å². The number of nitrogens with zero attached hydrogens (tertiary/aromatic N) is 2. The first-order valence-corrected chi connectivity index (χ1v) is 8.00. The zero-order chi connectivity index (χ0) is 13.5. The van der Waals surface area contributed by atoms with E-state index in [4.69, 9.17) is 4.98 Å². The lowest BCUT2D eigenvalue weighted by Gasteiger charge is -2.27. The fourth-order valence-corrected chi connectivity index (χ4v) is 3.74. The summed E-state index contributed by atoms with van der Waals surface area (Å²) in [7, 11) is 2.18. The smallest absolute Gasteiger partial charge is 0.112 e. The van der Waals surface area contributed by atoms with Gasteiger partial charge in [0, 0.05) is 32.0 Å². The molecule has 1 aromatic carbocycles. The first-order chi connectivity index (χ1) is 9.83. The van der Waals surface area contributed by atoms with Gasteiger partial charge in [0.25, 0.3) is 0 Å². The standard InChI is InChI=1S/C17H23N3/c1-20-16-8-7-13(14-10-18-11-14)9-15(16)19-17(20)12-5-3-2-4-6-12/h7-9,12,14,18H,2-6,10-11H2,1H3. The molecule has 0 spiro atoms. The summed E-state index contributed by atoms with van der Waals surface area (Å²) in [5.41, 5.74) is 3.93. The Morgan fingerprint density at radius 2 is 1.90 bits per heavy atom. The Balaban J connectivity index is 1.72. The largest absolute Gasteiger partial charge is 0.331 e. The van der Waals surface area contributed by atoms with E-state index in [2.05, 4.69) is 35.1 Å². The van der Waals surface area contributed by atoms with Crippen LogP contribution in [0, 0.1) is 0 Å². The molecule has 2 fully saturated rings. The Labute approximate surface area is 120 Å². The summed E-state index contributed by atoms with van der Waals surface area (Å²) < 4.78 is 2.33. The van der Waals surface area contributed by atoms with Gasteiger partial charge in [-0.3, -0.25) is 0 Å². The number of hydrogen-bond donors (Lipinski definition) is 1. The van der Waals surface area contributed by atoms with Gasteiger partial charge in [0.1, 0.15) is 5.82 Å². The Morgan fingerprint density at radius 1 is 1.10 bits per heavy atom. The van der Waals surface area contributed by atoms with E-state index in [1.54, 1.807) is 0 Å². The minimum Gasteiger partial charge on any atom is -0.331 e. The fraction of sp³-hybridized carbons (Fsp3) is 0.588. The molecular formula is C17H23N3. The predicted molar refractivity (Wildman–Crippen MR) is 82.2 cm³/mol. The van der Waals surface area contributed by atoms with E-state index >= 15 is 0 Å². The van der Waals surface area contributed by atoms with Crippen molar-refractivity contribution in [3.63, 3.8) is 0 Å². The fourth-order valence-electron chi connectivity index (χ4n) is 3.74. The summed E-state index contributed by atoms with van der Waals surface area (Å²) in [6, 6.07) is 6.87. The van der Waals surface area contributed by atoms with Gasteiger partial charge in [0.2, 0.25) is 0 Å². The SMILES string of the molecule is Cn1c(C2CCCCC2)nc2cc(C3CNC3)ccc21. The quantitative estimate of drug-likeness (QED) is 0.906. The topological polar surface area (TPSA) is 29.9 Å². The summed E-state index contributed by atoms with van der Waals surface area (Å²) >= 11 is 0. The lowest BCUT2D eigenvalue weighted by molar-refractivity contribution is 0.423. The van der Waals surface area contributed by atoms with Crippen LogP contribution in [0.15, 0.2) is 18.2 Å². The molecule has 0 atom stereocenters. The molecule has 2 aliphatic rings. The number of imidazole rings is 1. The highest BCUT2D eigenvalue weighted by atomic mass is 15.1. The molecule has 2 heterocycles. The molecule has 0 bridgehead atoms. The highest BCUT2D eigenvalue weighted by Crippen LogP contribution is 2.34. The van der Waals surface area contributed by atoms with Crippen LogP contribution in [0.5, 0.6) is 0 Å². The van der Waals surface area contributed by atoms with Crippen LogP contribution in [0.3, 0.4) is 0 Å². The molecule has 1 saturated carbocycles. The lowest BCUT2D eigenvalue weighted by atomic mass is 9.89. The molecule has 1 saturated heterocycles. The number of aromatic nitrogens is 2. The molecule has 4 rings (SSSR count). The minimum absolute atomic E-state index is 0.676. The van der Waals surface area contributed by atoms with Crippen molar-refractivity contribution in [1.82, 2.24) is 14.9 Å². The van der Waals surface area contributed by atoms with Crippen LogP contribution in [0.4, 0.5) is 0 Å². The van der Waals surface area contributed by atoms with Crippen molar-refractivity contribution < 1.29 is 0 Å². The number of nitrogens with one attached hydrogen (secondary N) is 1. The van der Waals surface area contributed by atoms with Crippen LogP contribution in [-0.4, -0.2) is 22.6 Å². The average Bonchev–Trinajstić information content (AvgIpc) is 2.75. The summed E-state index contributed by atoms with van der Waals surface area (Å²) in [6.07, 6.45) is 6.77. The highest BCUT2D eigenvalue weighted by Gasteiger charge is 2.23. The van der Waals surface area contributed by atoms with Crippen LogP contribution in [0.25, 0.3) is 11.0 Å². The van der Waals surface area contributed by atoms with E-state index in [9.17, 15) is 0 Å². The van der Waals surface area contributed by atoms with Gasteiger partial charge < -0.3 is 9.88 Å². The predicted octanol–water partition coefficient (Wildman–Crippen LogP) is 3.31. The van der Waals surface area contributed by atoms with Gasteiger partial charge in [0.15, 0.2) is 0 Å². The van der Waals surface area contributed by atoms with E-state index in [0.717, 1.165) is 13.1 Å². The summed E-state index contributed by atoms with van der Waals surface area (Å²) in [6.45, 7) is 2.24. The van der Waals surface area contributed by atoms with Crippen molar-refractivity contribution in [1.29, 1.82) is 0 Å². The zero-order valence-corrected chi connectivity index (χ0v) is 12.2. The van der Waals surface area contributed by atoms with E-state index in [1.807, 2.05) is 0 Å². The molecular weight excluding hydrogens is 246 g/mol. The van der Waals surface area contributed by atoms with Crippen molar-refractivity contribution in [3.8, 4) is 0 Å². The third kappa shape index (κ3) is 1.96. The van der Waals surface area contributed by atoms with Crippen molar-refractivity contribution >= 4 is 11.0 Å². The number of fused-ring (bicyclic) bond motifs is 1. The van der Waals surface area contributed by atoms with Crippen molar-refractivity contribution in [2.24, 2.45) is 7.05 Å². The van der Waals surface area contributed by atoms with E-state index in [0.29, 0.717) is 11.8 Å².